The van der Waals surface area contributed by atoms with Gasteiger partial charge in [-0.1, -0.05) is 35.0 Å². The number of hydrogen-bond acceptors (Lipinski definition) is 2. The Kier molecular flexibility index (Phi) is 6.05. The summed E-state index contributed by atoms with van der Waals surface area (Å²) in [7, 11) is 0. The molecule has 0 fully saturated rings. The van der Waals surface area contributed by atoms with Crippen molar-refractivity contribution >= 4 is 50.1 Å². The lowest BCUT2D eigenvalue weighted by Gasteiger charge is -2.09. The highest BCUT2D eigenvalue weighted by Gasteiger charge is 2.07. The number of hydrogen-bond donors (Lipinski definition) is 1. The number of halogens is 2. The number of carbonyl (C=O) groups is 1. The number of anilines is 1. The minimum atomic E-state index is -0.171. The van der Waals surface area contributed by atoms with Crippen molar-refractivity contribution in [3.05, 3.63) is 56.1 Å². The fourth-order valence-corrected chi connectivity index (χ4v) is 3.19. The summed E-state index contributed by atoms with van der Waals surface area (Å²) in [6.07, 6.45) is 0.989. The van der Waals surface area contributed by atoms with Crippen LogP contribution < -0.4 is 10.1 Å². The van der Waals surface area contributed by atoms with Crippen LogP contribution in [0.5, 0.6) is 5.75 Å². The first-order chi connectivity index (χ1) is 10.1. The molecule has 0 bridgehead atoms. The number of nitrogens with one attached hydrogen (secondary N) is 1. The van der Waals surface area contributed by atoms with Crippen molar-refractivity contribution < 1.29 is 9.53 Å². The summed E-state index contributed by atoms with van der Waals surface area (Å²) in [6, 6.07) is 13.5. The Morgan fingerprint density at radius 2 is 1.95 bits per heavy atom. The van der Waals surface area contributed by atoms with Crippen LogP contribution in [0.2, 0.25) is 0 Å². The molecule has 2 aromatic rings. The highest BCUT2D eigenvalue weighted by Crippen LogP contribution is 2.22. The molecule has 0 aliphatic carbocycles. The summed E-state index contributed by atoms with van der Waals surface area (Å²) >= 11 is 5.57. The lowest BCUT2D eigenvalue weighted by molar-refractivity contribution is -0.118. The van der Waals surface area contributed by atoms with Crippen LogP contribution in [-0.2, 0) is 11.2 Å². The van der Waals surface area contributed by atoms with Gasteiger partial charge in [-0.05, 0) is 64.9 Å². The number of amides is 1. The molecule has 2 rings (SSSR count). The van der Waals surface area contributed by atoms with Gasteiger partial charge in [-0.25, -0.2) is 0 Å². The first-order valence-electron chi connectivity index (χ1n) is 6.55. The van der Waals surface area contributed by atoms with Crippen LogP contribution in [0.3, 0.4) is 0 Å². The maximum absolute atomic E-state index is 11.9. The van der Waals surface area contributed by atoms with E-state index < -0.39 is 0 Å². The quantitative estimate of drug-likeness (QED) is 0.662. The number of ether oxygens (including phenoxy) is 1. The molecule has 5 heteroatoms. The Morgan fingerprint density at radius 3 is 2.57 bits per heavy atom. The van der Waals surface area contributed by atoms with Crippen molar-refractivity contribution in [2.24, 2.45) is 0 Å². The zero-order valence-corrected chi connectivity index (χ0v) is 15.3. The van der Waals surface area contributed by atoms with Crippen LogP contribution in [-0.4, -0.2) is 12.5 Å². The largest absolute Gasteiger partial charge is 0.484 e. The number of carbonyl (C=O) groups excluding carboxylic acids is 1. The molecule has 0 aliphatic heterocycles. The SMILES string of the molecule is CCc1ccc(OCC(=O)Nc2ccc(Br)cc2I)cc1. The standard InChI is InChI=1S/C16H15BrINO2/c1-2-11-3-6-13(7-4-11)21-10-16(20)19-15-8-5-12(17)9-14(15)18/h3-9H,2,10H2,1H3,(H,19,20). The summed E-state index contributed by atoms with van der Waals surface area (Å²) in [5.74, 6) is 0.530. The van der Waals surface area contributed by atoms with E-state index in [-0.39, 0.29) is 12.5 Å². The molecule has 21 heavy (non-hydrogen) atoms. The van der Waals surface area contributed by atoms with Gasteiger partial charge >= 0.3 is 0 Å². The zero-order valence-electron chi connectivity index (χ0n) is 11.5. The molecule has 0 atom stereocenters. The van der Waals surface area contributed by atoms with Crippen molar-refractivity contribution in [1.82, 2.24) is 0 Å². The first kappa shape index (κ1) is 16.3. The van der Waals surface area contributed by atoms with Crippen LogP contribution in [0.1, 0.15) is 12.5 Å². The van der Waals surface area contributed by atoms with Gasteiger partial charge in [0.15, 0.2) is 6.61 Å². The molecule has 0 saturated heterocycles. The Balaban J connectivity index is 1.89. The molecular formula is C16H15BrINO2. The smallest absolute Gasteiger partial charge is 0.262 e. The van der Waals surface area contributed by atoms with E-state index in [1.54, 1.807) is 0 Å². The van der Waals surface area contributed by atoms with Crippen molar-refractivity contribution in [2.75, 3.05) is 11.9 Å². The second kappa shape index (κ2) is 7.79. The molecule has 0 unspecified atom stereocenters. The van der Waals surface area contributed by atoms with Gasteiger partial charge < -0.3 is 10.1 Å². The van der Waals surface area contributed by atoms with E-state index in [9.17, 15) is 4.79 Å². The molecule has 0 radical (unpaired) electrons. The summed E-state index contributed by atoms with van der Waals surface area (Å²) in [6.45, 7) is 2.10. The third-order valence-corrected chi connectivity index (χ3v) is 4.29. The second-order valence-corrected chi connectivity index (χ2v) is 6.54. The van der Waals surface area contributed by atoms with Crippen molar-refractivity contribution in [2.45, 2.75) is 13.3 Å². The average molecular weight is 460 g/mol. The minimum Gasteiger partial charge on any atom is -0.484 e. The first-order valence-corrected chi connectivity index (χ1v) is 8.42. The Labute approximate surface area is 146 Å². The molecule has 0 aliphatic rings. The van der Waals surface area contributed by atoms with Crippen molar-refractivity contribution in [3.8, 4) is 5.75 Å². The molecule has 110 valence electrons. The zero-order chi connectivity index (χ0) is 15.2. The third-order valence-electron chi connectivity index (χ3n) is 2.91. The fourth-order valence-electron chi connectivity index (χ4n) is 1.75. The van der Waals surface area contributed by atoms with Crippen LogP contribution in [0.4, 0.5) is 5.69 Å². The Bertz CT molecular complexity index is 629. The van der Waals surface area contributed by atoms with Crippen LogP contribution in [0.25, 0.3) is 0 Å². The summed E-state index contributed by atoms with van der Waals surface area (Å²) < 4.78 is 7.44. The predicted molar refractivity (Wildman–Crippen MR) is 96.8 cm³/mol. The van der Waals surface area contributed by atoms with Crippen molar-refractivity contribution in [3.63, 3.8) is 0 Å². The Hall–Kier alpha value is -1.08. The number of benzene rings is 2. The minimum absolute atomic E-state index is 0.00237. The summed E-state index contributed by atoms with van der Waals surface area (Å²) in [5.41, 5.74) is 2.03. The van der Waals surface area contributed by atoms with E-state index in [2.05, 4.69) is 50.8 Å². The molecule has 1 amide bonds. The number of aryl methyl sites for hydroxylation is 1. The average Bonchev–Trinajstić information content (AvgIpc) is 2.48. The molecule has 1 N–H and O–H groups in total. The molecule has 0 saturated carbocycles. The highest BCUT2D eigenvalue weighted by atomic mass is 127. The molecule has 3 nitrogen and oxygen atoms in total. The van der Waals surface area contributed by atoms with E-state index in [0.717, 1.165) is 20.2 Å². The maximum Gasteiger partial charge on any atom is 0.262 e. The lowest BCUT2D eigenvalue weighted by Crippen LogP contribution is -2.20. The van der Waals surface area contributed by atoms with Gasteiger partial charge in [0.1, 0.15) is 5.75 Å². The van der Waals surface area contributed by atoms with E-state index in [0.29, 0.717) is 5.75 Å². The summed E-state index contributed by atoms with van der Waals surface area (Å²) in [5, 5.41) is 2.84. The van der Waals surface area contributed by atoms with E-state index in [4.69, 9.17) is 4.74 Å². The second-order valence-electron chi connectivity index (χ2n) is 4.46. The van der Waals surface area contributed by atoms with Gasteiger partial charge in [0.25, 0.3) is 5.91 Å². The van der Waals surface area contributed by atoms with E-state index in [1.807, 2.05) is 42.5 Å². The van der Waals surface area contributed by atoms with E-state index >= 15 is 0 Å². The topological polar surface area (TPSA) is 38.3 Å². The number of rotatable bonds is 5. The normalized spacial score (nSPS) is 10.2. The highest BCUT2D eigenvalue weighted by molar-refractivity contribution is 14.1. The van der Waals surface area contributed by atoms with Gasteiger partial charge in [0.2, 0.25) is 0 Å². The third kappa shape index (κ3) is 5.00. The molecule has 0 heterocycles. The van der Waals surface area contributed by atoms with Crippen molar-refractivity contribution in [1.29, 1.82) is 0 Å². The van der Waals surface area contributed by atoms with Crippen LogP contribution in [0.15, 0.2) is 46.9 Å². The maximum atomic E-state index is 11.9. The monoisotopic (exact) mass is 459 g/mol. The van der Waals surface area contributed by atoms with Gasteiger partial charge in [-0.15, -0.1) is 0 Å². The molecule has 2 aromatic carbocycles. The molecular weight excluding hydrogens is 445 g/mol. The van der Waals surface area contributed by atoms with Crippen LogP contribution >= 0.6 is 38.5 Å². The predicted octanol–water partition coefficient (Wildman–Crippen LogP) is 4.63. The van der Waals surface area contributed by atoms with Gasteiger partial charge in [0, 0.05) is 8.04 Å². The van der Waals surface area contributed by atoms with Crippen LogP contribution in [0, 0.1) is 3.57 Å². The lowest BCUT2D eigenvalue weighted by atomic mass is 10.2. The van der Waals surface area contributed by atoms with E-state index in [1.165, 1.54) is 5.56 Å². The Morgan fingerprint density at radius 1 is 1.24 bits per heavy atom. The van der Waals surface area contributed by atoms with Gasteiger partial charge in [-0.2, -0.15) is 0 Å². The fraction of sp³-hybridized carbons (Fsp3) is 0.188. The molecule has 0 spiro atoms. The summed E-state index contributed by atoms with van der Waals surface area (Å²) in [4.78, 5) is 11.9. The van der Waals surface area contributed by atoms with Gasteiger partial charge in [-0.3, -0.25) is 4.79 Å². The molecule has 0 aromatic heterocycles. The van der Waals surface area contributed by atoms with Gasteiger partial charge in [0.05, 0.1) is 5.69 Å².